The third kappa shape index (κ3) is 4.34. The number of anilines is 2. The van der Waals surface area contributed by atoms with Crippen molar-refractivity contribution in [3.8, 4) is 6.01 Å². The second-order valence-electron chi connectivity index (χ2n) is 4.48. The van der Waals surface area contributed by atoms with Crippen LogP contribution in [0.4, 0.5) is 11.9 Å². The molecule has 7 heteroatoms. The quantitative estimate of drug-likeness (QED) is 0.815. The Morgan fingerprint density at radius 3 is 2.95 bits per heavy atom. The summed E-state index contributed by atoms with van der Waals surface area (Å²) in [7, 11) is 0. The number of nitrogens with zero attached hydrogens (tertiary/aromatic N) is 3. The molecule has 0 saturated heterocycles. The van der Waals surface area contributed by atoms with E-state index in [0.29, 0.717) is 12.6 Å². The van der Waals surface area contributed by atoms with Crippen LogP contribution in [0.5, 0.6) is 6.01 Å². The molecule has 0 fully saturated rings. The monoisotopic (exact) mass is 293 g/mol. The van der Waals surface area contributed by atoms with Crippen LogP contribution in [0.25, 0.3) is 0 Å². The maximum absolute atomic E-state index is 5.66. The van der Waals surface area contributed by atoms with E-state index in [1.54, 1.807) is 11.3 Å². The minimum absolute atomic E-state index is 0.164. The molecule has 0 aromatic carbocycles. The highest BCUT2D eigenvalue weighted by Gasteiger charge is 2.09. The van der Waals surface area contributed by atoms with E-state index in [2.05, 4.69) is 38.6 Å². The first-order valence-corrected chi connectivity index (χ1v) is 7.48. The summed E-state index contributed by atoms with van der Waals surface area (Å²) in [4.78, 5) is 13.6. The first kappa shape index (κ1) is 14.5. The van der Waals surface area contributed by atoms with Gasteiger partial charge in [0.1, 0.15) is 0 Å². The summed E-state index contributed by atoms with van der Waals surface area (Å²) >= 11 is 1.74. The number of aromatic nitrogens is 3. The summed E-state index contributed by atoms with van der Waals surface area (Å²) < 4.78 is 5.38. The molecule has 0 aliphatic carbocycles. The highest BCUT2D eigenvalue weighted by atomic mass is 32.1. The Balaban J connectivity index is 1.98. The van der Waals surface area contributed by atoms with E-state index in [0.717, 1.165) is 12.8 Å². The molecule has 0 aliphatic rings. The van der Waals surface area contributed by atoms with Crippen LogP contribution in [-0.4, -0.2) is 27.6 Å². The van der Waals surface area contributed by atoms with Gasteiger partial charge in [0.05, 0.1) is 6.61 Å². The number of nitrogen functional groups attached to an aromatic ring is 1. The number of thiophene rings is 1. The molecular weight excluding hydrogens is 274 g/mol. The van der Waals surface area contributed by atoms with Crippen LogP contribution in [-0.2, 0) is 6.42 Å². The first-order valence-electron chi connectivity index (χ1n) is 6.60. The highest BCUT2D eigenvalue weighted by Crippen LogP contribution is 2.14. The molecule has 20 heavy (non-hydrogen) atoms. The van der Waals surface area contributed by atoms with Gasteiger partial charge in [0.25, 0.3) is 0 Å². The van der Waals surface area contributed by atoms with E-state index in [-0.39, 0.29) is 18.0 Å². The number of hydrogen-bond donors (Lipinski definition) is 2. The third-order valence-electron chi connectivity index (χ3n) is 2.53. The lowest BCUT2D eigenvalue weighted by molar-refractivity contribution is 0.292. The number of hydrogen-bond acceptors (Lipinski definition) is 7. The summed E-state index contributed by atoms with van der Waals surface area (Å²) in [6.45, 7) is 4.66. The van der Waals surface area contributed by atoms with Gasteiger partial charge in [-0.05, 0) is 24.8 Å². The molecule has 108 valence electrons. The van der Waals surface area contributed by atoms with Crippen molar-refractivity contribution < 1.29 is 4.74 Å². The fraction of sp³-hybridized carbons (Fsp3) is 0.462. The number of nitrogens with two attached hydrogens (primary N) is 1. The molecule has 2 aromatic rings. The molecule has 0 bridgehead atoms. The van der Waals surface area contributed by atoms with Gasteiger partial charge in [-0.25, -0.2) is 0 Å². The maximum atomic E-state index is 5.66. The van der Waals surface area contributed by atoms with Crippen molar-refractivity contribution in [3.05, 3.63) is 22.4 Å². The molecule has 2 aromatic heterocycles. The molecular formula is C13H19N5OS. The van der Waals surface area contributed by atoms with Crippen molar-refractivity contribution in [2.24, 2.45) is 0 Å². The van der Waals surface area contributed by atoms with Gasteiger partial charge in [-0.3, -0.25) is 0 Å². The highest BCUT2D eigenvalue weighted by molar-refractivity contribution is 7.09. The predicted octanol–water partition coefficient (Wildman–Crippen LogP) is 2.35. The van der Waals surface area contributed by atoms with Crippen molar-refractivity contribution >= 4 is 23.2 Å². The van der Waals surface area contributed by atoms with Gasteiger partial charge in [0, 0.05) is 17.3 Å². The smallest absolute Gasteiger partial charge is 0.323 e. The van der Waals surface area contributed by atoms with Crippen LogP contribution in [0.2, 0.25) is 0 Å². The fourth-order valence-corrected chi connectivity index (χ4v) is 2.53. The van der Waals surface area contributed by atoms with Crippen LogP contribution >= 0.6 is 11.3 Å². The van der Waals surface area contributed by atoms with Gasteiger partial charge in [-0.2, -0.15) is 15.0 Å². The maximum Gasteiger partial charge on any atom is 0.323 e. The van der Waals surface area contributed by atoms with Gasteiger partial charge in [-0.1, -0.05) is 13.0 Å². The molecule has 0 spiro atoms. The minimum atomic E-state index is 0.164. The largest absolute Gasteiger partial charge is 0.463 e. The molecule has 0 amide bonds. The Kier molecular flexibility index (Phi) is 5.11. The SMILES string of the molecule is CCCOc1nc(N)nc(NC(C)Cc2cccs2)n1. The zero-order valence-electron chi connectivity index (χ0n) is 11.7. The van der Waals surface area contributed by atoms with Gasteiger partial charge in [0.2, 0.25) is 11.9 Å². The summed E-state index contributed by atoms with van der Waals surface area (Å²) in [5.41, 5.74) is 5.66. The van der Waals surface area contributed by atoms with Crippen molar-refractivity contribution in [1.82, 2.24) is 15.0 Å². The third-order valence-corrected chi connectivity index (χ3v) is 3.43. The van der Waals surface area contributed by atoms with E-state index in [1.807, 2.05) is 13.0 Å². The molecule has 3 N–H and O–H groups in total. The lowest BCUT2D eigenvalue weighted by Crippen LogP contribution is -2.20. The predicted molar refractivity (Wildman–Crippen MR) is 81.1 cm³/mol. The minimum Gasteiger partial charge on any atom is -0.463 e. The second-order valence-corrected chi connectivity index (χ2v) is 5.51. The van der Waals surface area contributed by atoms with Gasteiger partial charge >= 0.3 is 6.01 Å². The number of nitrogens with one attached hydrogen (secondary N) is 1. The summed E-state index contributed by atoms with van der Waals surface area (Å²) in [6.07, 6.45) is 1.80. The zero-order valence-corrected chi connectivity index (χ0v) is 12.5. The van der Waals surface area contributed by atoms with Crippen molar-refractivity contribution in [3.63, 3.8) is 0 Å². The van der Waals surface area contributed by atoms with Gasteiger partial charge in [-0.15, -0.1) is 11.3 Å². The average Bonchev–Trinajstić information content (AvgIpc) is 2.88. The molecule has 2 heterocycles. The Hall–Kier alpha value is -1.89. The standard InChI is InChI=1S/C13H19N5OS/c1-3-6-19-13-17-11(14)16-12(18-13)15-9(2)8-10-5-4-7-20-10/h4-5,7,9H,3,6,8H2,1-2H3,(H3,14,15,16,17,18). The summed E-state index contributed by atoms with van der Waals surface area (Å²) in [5.74, 6) is 0.615. The normalized spacial score (nSPS) is 12.1. The average molecular weight is 293 g/mol. The van der Waals surface area contributed by atoms with E-state index < -0.39 is 0 Å². The van der Waals surface area contributed by atoms with Crippen molar-refractivity contribution in [1.29, 1.82) is 0 Å². The Labute approximate surface area is 122 Å². The first-order chi connectivity index (χ1) is 9.67. The van der Waals surface area contributed by atoms with Crippen LogP contribution in [0.1, 0.15) is 25.1 Å². The summed E-state index contributed by atoms with van der Waals surface area (Å²) in [5, 5.41) is 5.29. The molecule has 2 rings (SSSR count). The molecule has 0 saturated carbocycles. The van der Waals surface area contributed by atoms with Gasteiger partial charge < -0.3 is 15.8 Å². The lowest BCUT2D eigenvalue weighted by atomic mass is 10.2. The van der Waals surface area contributed by atoms with Crippen molar-refractivity contribution in [2.45, 2.75) is 32.7 Å². The molecule has 6 nitrogen and oxygen atoms in total. The van der Waals surface area contributed by atoms with Crippen LogP contribution in [0, 0.1) is 0 Å². The van der Waals surface area contributed by atoms with E-state index >= 15 is 0 Å². The van der Waals surface area contributed by atoms with Crippen LogP contribution in [0.3, 0.4) is 0 Å². The molecule has 1 unspecified atom stereocenters. The molecule has 0 radical (unpaired) electrons. The Bertz CT molecular complexity index is 532. The van der Waals surface area contributed by atoms with Crippen LogP contribution < -0.4 is 15.8 Å². The fourth-order valence-electron chi connectivity index (χ4n) is 1.70. The number of ether oxygens (including phenoxy) is 1. The molecule has 1 atom stereocenters. The Morgan fingerprint density at radius 2 is 2.25 bits per heavy atom. The second kappa shape index (κ2) is 7.04. The zero-order chi connectivity index (χ0) is 14.4. The summed E-state index contributed by atoms with van der Waals surface area (Å²) in [6, 6.07) is 4.63. The number of rotatable bonds is 7. The van der Waals surface area contributed by atoms with Crippen molar-refractivity contribution in [2.75, 3.05) is 17.7 Å². The van der Waals surface area contributed by atoms with E-state index in [9.17, 15) is 0 Å². The van der Waals surface area contributed by atoms with Gasteiger partial charge in [0.15, 0.2) is 0 Å². The topological polar surface area (TPSA) is 86.0 Å². The lowest BCUT2D eigenvalue weighted by Gasteiger charge is -2.13. The van der Waals surface area contributed by atoms with Crippen LogP contribution in [0.15, 0.2) is 17.5 Å². The Morgan fingerprint density at radius 1 is 1.40 bits per heavy atom. The molecule has 0 aliphatic heterocycles. The van der Waals surface area contributed by atoms with E-state index in [1.165, 1.54) is 4.88 Å². The van der Waals surface area contributed by atoms with E-state index in [4.69, 9.17) is 10.5 Å².